The average molecular weight is 251 g/mol. The van der Waals surface area contributed by atoms with Gasteiger partial charge < -0.3 is 15.0 Å². The van der Waals surface area contributed by atoms with E-state index in [1.165, 1.54) is 12.1 Å². The molecule has 96 valence electrons. The first-order chi connectivity index (χ1) is 8.71. The monoisotopic (exact) mass is 251 g/mol. The zero-order valence-electron chi connectivity index (χ0n) is 10.0. The topological polar surface area (TPSA) is 74.2 Å². The lowest BCUT2D eigenvalue weighted by Crippen LogP contribution is -2.01. The van der Waals surface area contributed by atoms with Gasteiger partial charge in [0.1, 0.15) is 11.6 Å². The number of nitrogens with two attached hydrogens (primary N) is 1. The molecule has 0 saturated carbocycles. The van der Waals surface area contributed by atoms with Crippen LogP contribution in [0.2, 0.25) is 0 Å². The summed E-state index contributed by atoms with van der Waals surface area (Å²) < 4.78 is 23.5. The number of aromatic nitrogens is 2. The van der Waals surface area contributed by atoms with Crippen LogP contribution in [-0.2, 0) is 19.6 Å². The van der Waals surface area contributed by atoms with Gasteiger partial charge in [-0.3, -0.25) is 0 Å². The highest BCUT2D eigenvalue weighted by molar-refractivity contribution is 5.29. The van der Waals surface area contributed by atoms with Gasteiger partial charge in [-0.15, -0.1) is 0 Å². The minimum Gasteiger partial charge on any atom is -0.485 e. The molecule has 5 nitrogen and oxygen atoms in total. The summed E-state index contributed by atoms with van der Waals surface area (Å²) in [5.74, 6) is 1.01. The van der Waals surface area contributed by atoms with Gasteiger partial charge >= 0.3 is 0 Å². The molecule has 0 spiro atoms. The molecule has 18 heavy (non-hydrogen) atoms. The van der Waals surface area contributed by atoms with E-state index in [0.29, 0.717) is 29.4 Å². The number of hydrogen-bond donors (Lipinski definition) is 1. The van der Waals surface area contributed by atoms with Crippen molar-refractivity contribution in [2.45, 2.75) is 26.5 Å². The fourth-order valence-corrected chi connectivity index (χ4v) is 1.46. The predicted octanol–water partition coefficient (Wildman–Crippen LogP) is 1.81. The maximum Gasteiger partial charge on any atom is 0.226 e. The zero-order chi connectivity index (χ0) is 13.0. The number of benzene rings is 1. The summed E-state index contributed by atoms with van der Waals surface area (Å²) in [6.07, 6.45) is 0.671. The third-order valence-corrected chi connectivity index (χ3v) is 2.35. The Hall–Kier alpha value is -1.95. The van der Waals surface area contributed by atoms with Gasteiger partial charge in [0.2, 0.25) is 11.7 Å². The van der Waals surface area contributed by atoms with E-state index in [9.17, 15) is 4.39 Å². The van der Waals surface area contributed by atoms with Crippen LogP contribution in [0.1, 0.15) is 24.2 Å². The van der Waals surface area contributed by atoms with Gasteiger partial charge in [0.25, 0.3) is 0 Å². The van der Waals surface area contributed by atoms with Gasteiger partial charge in [-0.2, -0.15) is 4.98 Å². The molecular weight excluding hydrogens is 237 g/mol. The molecule has 0 amide bonds. The number of rotatable bonds is 5. The third-order valence-electron chi connectivity index (χ3n) is 2.35. The van der Waals surface area contributed by atoms with Crippen molar-refractivity contribution in [3.05, 3.63) is 41.3 Å². The van der Waals surface area contributed by atoms with Crippen LogP contribution < -0.4 is 10.5 Å². The van der Waals surface area contributed by atoms with Crippen molar-refractivity contribution in [1.82, 2.24) is 10.1 Å². The molecule has 0 saturated heterocycles. The van der Waals surface area contributed by atoms with Crippen molar-refractivity contribution in [2.24, 2.45) is 5.73 Å². The average Bonchev–Trinajstić information content (AvgIpc) is 2.83. The van der Waals surface area contributed by atoms with E-state index < -0.39 is 0 Å². The van der Waals surface area contributed by atoms with Gasteiger partial charge in [0.05, 0.1) is 0 Å². The normalized spacial score (nSPS) is 10.6. The lowest BCUT2D eigenvalue weighted by molar-refractivity contribution is 0.283. The minimum atomic E-state index is -0.379. The van der Waals surface area contributed by atoms with E-state index in [1.54, 1.807) is 6.07 Å². The molecular formula is C12H14FN3O2. The molecule has 0 aliphatic rings. The van der Waals surface area contributed by atoms with Crippen molar-refractivity contribution in [2.75, 3.05) is 0 Å². The van der Waals surface area contributed by atoms with E-state index >= 15 is 0 Å². The molecule has 0 aliphatic carbocycles. The van der Waals surface area contributed by atoms with E-state index in [2.05, 4.69) is 10.1 Å². The van der Waals surface area contributed by atoms with E-state index in [4.69, 9.17) is 15.0 Å². The highest BCUT2D eigenvalue weighted by Crippen LogP contribution is 2.17. The maximum atomic E-state index is 13.2. The molecule has 1 heterocycles. The second-order valence-electron chi connectivity index (χ2n) is 3.75. The number of nitrogens with zero attached hydrogens (tertiary/aromatic N) is 2. The quantitative estimate of drug-likeness (QED) is 0.877. The van der Waals surface area contributed by atoms with Gasteiger partial charge in [-0.05, 0) is 17.7 Å². The van der Waals surface area contributed by atoms with Crippen LogP contribution in [0.15, 0.2) is 22.7 Å². The summed E-state index contributed by atoms with van der Waals surface area (Å²) in [6.45, 7) is 2.31. The number of aryl methyl sites for hydroxylation is 1. The molecule has 0 atom stereocenters. The lowest BCUT2D eigenvalue weighted by Gasteiger charge is -2.05. The Morgan fingerprint density at radius 3 is 2.89 bits per heavy atom. The Bertz CT molecular complexity index is 528. The van der Waals surface area contributed by atoms with Crippen molar-refractivity contribution >= 4 is 0 Å². The van der Waals surface area contributed by atoms with E-state index in [0.717, 1.165) is 0 Å². The maximum absolute atomic E-state index is 13.2. The molecule has 0 aliphatic heterocycles. The second-order valence-corrected chi connectivity index (χ2v) is 3.75. The first kappa shape index (κ1) is 12.5. The molecule has 0 radical (unpaired) electrons. The Labute approximate surface area is 104 Å². The SMILES string of the molecule is CCc1nc(COc2cc(F)cc(CN)c2)no1. The molecule has 2 aromatic rings. The molecule has 1 aromatic carbocycles. The Kier molecular flexibility index (Phi) is 3.88. The smallest absolute Gasteiger partial charge is 0.226 e. The first-order valence-corrected chi connectivity index (χ1v) is 5.65. The van der Waals surface area contributed by atoms with Crippen molar-refractivity contribution < 1.29 is 13.7 Å². The van der Waals surface area contributed by atoms with Crippen LogP contribution in [0, 0.1) is 5.82 Å². The third kappa shape index (κ3) is 3.04. The molecule has 6 heteroatoms. The number of ether oxygens (including phenoxy) is 1. The van der Waals surface area contributed by atoms with Crippen molar-refractivity contribution in [3.63, 3.8) is 0 Å². The van der Waals surface area contributed by atoms with Gasteiger partial charge in [-0.1, -0.05) is 12.1 Å². The Balaban J connectivity index is 2.03. The molecule has 1 aromatic heterocycles. The lowest BCUT2D eigenvalue weighted by atomic mass is 10.2. The van der Waals surface area contributed by atoms with Crippen LogP contribution >= 0.6 is 0 Å². The van der Waals surface area contributed by atoms with Crippen LogP contribution in [0.3, 0.4) is 0 Å². The van der Waals surface area contributed by atoms with Crippen molar-refractivity contribution in [1.29, 1.82) is 0 Å². The second kappa shape index (κ2) is 5.59. The summed E-state index contributed by atoms with van der Waals surface area (Å²) in [5.41, 5.74) is 6.13. The van der Waals surface area contributed by atoms with Gasteiger partial charge in [0.15, 0.2) is 6.61 Å². The molecule has 0 bridgehead atoms. The Morgan fingerprint density at radius 1 is 1.39 bits per heavy atom. The fraction of sp³-hybridized carbons (Fsp3) is 0.333. The van der Waals surface area contributed by atoms with Crippen LogP contribution in [0.5, 0.6) is 5.75 Å². The summed E-state index contributed by atoms with van der Waals surface area (Å²) in [4.78, 5) is 4.09. The summed E-state index contributed by atoms with van der Waals surface area (Å²) in [6, 6.07) is 4.35. The molecule has 2 rings (SSSR count). The minimum absolute atomic E-state index is 0.136. The fourth-order valence-electron chi connectivity index (χ4n) is 1.46. The molecule has 2 N–H and O–H groups in total. The number of hydrogen-bond acceptors (Lipinski definition) is 5. The molecule has 0 fully saturated rings. The van der Waals surface area contributed by atoms with Crippen molar-refractivity contribution in [3.8, 4) is 5.75 Å². The largest absolute Gasteiger partial charge is 0.485 e. The summed E-state index contributed by atoms with van der Waals surface area (Å²) in [5, 5.41) is 3.74. The molecule has 0 unspecified atom stereocenters. The van der Waals surface area contributed by atoms with Crippen LogP contribution in [0.4, 0.5) is 4.39 Å². The Morgan fingerprint density at radius 2 is 2.22 bits per heavy atom. The predicted molar refractivity (Wildman–Crippen MR) is 62.3 cm³/mol. The van der Waals surface area contributed by atoms with Crippen LogP contribution in [0.25, 0.3) is 0 Å². The first-order valence-electron chi connectivity index (χ1n) is 5.65. The van der Waals surface area contributed by atoms with E-state index in [-0.39, 0.29) is 19.0 Å². The summed E-state index contributed by atoms with van der Waals surface area (Å²) >= 11 is 0. The van der Waals surface area contributed by atoms with Crippen LogP contribution in [-0.4, -0.2) is 10.1 Å². The highest BCUT2D eigenvalue weighted by Gasteiger charge is 2.06. The van der Waals surface area contributed by atoms with Gasteiger partial charge in [0, 0.05) is 19.0 Å². The zero-order valence-corrected chi connectivity index (χ0v) is 10.0. The standard InChI is InChI=1S/C12H14FN3O2/c1-2-12-15-11(16-18-12)7-17-10-4-8(6-14)3-9(13)5-10/h3-5H,2,6-7,14H2,1H3. The van der Waals surface area contributed by atoms with Gasteiger partial charge in [-0.25, -0.2) is 4.39 Å². The van der Waals surface area contributed by atoms with E-state index in [1.807, 2.05) is 6.92 Å². The highest BCUT2D eigenvalue weighted by atomic mass is 19.1. The number of halogens is 1. The summed E-state index contributed by atoms with van der Waals surface area (Å²) in [7, 11) is 0.